The van der Waals surface area contributed by atoms with Crippen LogP contribution in [0.3, 0.4) is 0 Å². The molecule has 2 aromatic rings. The van der Waals surface area contributed by atoms with Crippen molar-refractivity contribution in [3.63, 3.8) is 0 Å². The summed E-state index contributed by atoms with van der Waals surface area (Å²) in [5.74, 6) is 0.164. The number of aliphatic hydroxyl groups is 1. The van der Waals surface area contributed by atoms with Gasteiger partial charge in [0, 0.05) is 30.4 Å². The van der Waals surface area contributed by atoms with Gasteiger partial charge in [-0.2, -0.15) is 0 Å². The minimum absolute atomic E-state index is 0.0848. The number of aliphatic hydroxyl groups excluding tert-OH is 1. The molecule has 0 saturated heterocycles. The summed E-state index contributed by atoms with van der Waals surface area (Å²) in [5, 5.41) is 19.9. The molecule has 0 radical (unpaired) electrons. The third-order valence-electron chi connectivity index (χ3n) is 5.24. The van der Waals surface area contributed by atoms with Crippen molar-refractivity contribution >= 4 is 11.8 Å². The number of hydrogen-bond acceptors (Lipinski definition) is 6. The molecule has 0 spiro atoms. The van der Waals surface area contributed by atoms with E-state index in [1.54, 1.807) is 18.5 Å². The summed E-state index contributed by atoms with van der Waals surface area (Å²) in [4.78, 5) is 28.9. The zero-order valence-corrected chi connectivity index (χ0v) is 16.1. The monoisotopic (exact) mass is 386 g/mol. The molecule has 1 aliphatic rings. The molecule has 2 aromatic heterocycles. The summed E-state index contributed by atoms with van der Waals surface area (Å²) in [6, 6.07) is 3.17. The second kappa shape index (κ2) is 8.97. The first-order valence-corrected chi connectivity index (χ1v) is 9.50. The van der Waals surface area contributed by atoms with E-state index < -0.39 is 12.1 Å². The van der Waals surface area contributed by atoms with Crippen LogP contribution in [-0.4, -0.2) is 39.2 Å². The third kappa shape index (κ3) is 4.95. The fourth-order valence-electron chi connectivity index (χ4n) is 3.57. The van der Waals surface area contributed by atoms with Gasteiger partial charge in [0.1, 0.15) is 5.76 Å². The van der Waals surface area contributed by atoms with Crippen LogP contribution in [0.2, 0.25) is 0 Å². The molecule has 2 amide bonds. The van der Waals surface area contributed by atoms with Crippen LogP contribution >= 0.6 is 0 Å². The van der Waals surface area contributed by atoms with Crippen LogP contribution in [0.5, 0.6) is 0 Å². The molecule has 3 atom stereocenters. The van der Waals surface area contributed by atoms with Crippen molar-refractivity contribution in [1.29, 1.82) is 0 Å². The number of rotatable bonds is 6. The Balaban J connectivity index is 1.53. The highest BCUT2D eigenvalue weighted by Crippen LogP contribution is 2.25. The Morgan fingerprint density at radius 1 is 1.32 bits per heavy atom. The Morgan fingerprint density at radius 3 is 2.82 bits per heavy atom. The number of aromatic nitrogens is 2. The highest BCUT2D eigenvalue weighted by atomic mass is 16.5. The van der Waals surface area contributed by atoms with Gasteiger partial charge in [0.15, 0.2) is 0 Å². The van der Waals surface area contributed by atoms with Crippen molar-refractivity contribution in [1.82, 2.24) is 20.8 Å². The van der Waals surface area contributed by atoms with Gasteiger partial charge in [-0.05, 0) is 44.7 Å². The van der Waals surface area contributed by atoms with E-state index in [4.69, 9.17) is 4.52 Å². The predicted octanol–water partition coefficient (Wildman–Crippen LogP) is 1.19. The molecular formula is C20H26N4O4. The molecule has 8 nitrogen and oxygen atoms in total. The van der Waals surface area contributed by atoms with Crippen LogP contribution < -0.4 is 10.6 Å². The Kier molecular flexibility index (Phi) is 6.41. The summed E-state index contributed by atoms with van der Waals surface area (Å²) in [7, 11) is 0. The maximum atomic E-state index is 12.6. The van der Waals surface area contributed by atoms with Gasteiger partial charge in [-0.1, -0.05) is 11.2 Å². The fourth-order valence-corrected chi connectivity index (χ4v) is 3.57. The standard InChI is InChI=1S/C20H26N4O4/c1-12-16(13(2)28-24-12)11-22-20(27)15-5-6-18(25)17(9-15)23-19(26)8-14-4-3-7-21-10-14/h3-4,7,10,15,17-18,25H,5-6,8-9,11H2,1-2H3,(H,22,27)(H,23,26)/t15-,17+,18+/m0/s1. The number of nitrogens with zero attached hydrogens (tertiary/aromatic N) is 2. The molecule has 0 unspecified atom stereocenters. The SMILES string of the molecule is Cc1noc(C)c1CNC(=O)[C@H]1CC[C@@H](O)[C@H](NC(=O)Cc2cccnc2)C1. The summed E-state index contributed by atoms with van der Waals surface area (Å²) in [6.45, 7) is 4.01. The van der Waals surface area contributed by atoms with Crippen molar-refractivity contribution in [3.8, 4) is 0 Å². The Labute approximate surface area is 163 Å². The maximum Gasteiger partial charge on any atom is 0.224 e. The molecule has 0 aliphatic heterocycles. The van der Waals surface area contributed by atoms with Gasteiger partial charge in [-0.3, -0.25) is 14.6 Å². The van der Waals surface area contributed by atoms with Crippen LogP contribution in [0, 0.1) is 19.8 Å². The topological polar surface area (TPSA) is 117 Å². The van der Waals surface area contributed by atoms with Crippen LogP contribution in [-0.2, 0) is 22.6 Å². The molecule has 0 bridgehead atoms. The number of hydrogen-bond donors (Lipinski definition) is 3. The van der Waals surface area contributed by atoms with E-state index in [1.807, 2.05) is 19.9 Å². The Morgan fingerprint density at radius 2 is 2.14 bits per heavy atom. The van der Waals surface area contributed by atoms with Gasteiger partial charge in [-0.25, -0.2) is 0 Å². The van der Waals surface area contributed by atoms with Gasteiger partial charge in [0.05, 0.1) is 24.3 Å². The minimum Gasteiger partial charge on any atom is -0.391 e. The van der Waals surface area contributed by atoms with Crippen LogP contribution in [0.4, 0.5) is 0 Å². The van der Waals surface area contributed by atoms with E-state index in [2.05, 4.69) is 20.8 Å². The van der Waals surface area contributed by atoms with E-state index in [1.165, 1.54) is 0 Å². The summed E-state index contributed by atoms with van der Waals surface area (Å²) >= 11 is 0. The molecule has 1 fully saturated rings. The normalized spacial score (nSPS) is 21.9. The molecule has 28 heavy (non-hydrogen) atoms. The summed E-state index contributed by atoms with van der Waals surface area (Å²) in [5.41, 5.74) is 2.45. The highest BCUT2D eigenvalue weighted by molar-refractivity contribution is 5.80. The van der Waals surface area contributed by atoms with E-state index in [-0.39, 0.29) is 24.2 Å². The number of carbonyl (C=O) groups excluding carboxylic acids is 2. The summed E-state index contributed by atoms with van der Waals surface area (Å²) in [6.07, 6.45) is 4.31. The highest BCUT2D eigenvalue weighted by Gasteiger charge is 2.33. The Bertz CT molecular complexity index is 801. The lowest BCUT2D eigenvalue weighted by Crippen LogP contribution is -2.49. The van der Waals surface area contributed by atoms with Crippen LogP contribution in [0.15, 0.2) is 29.0 Å². The number of pyridine rings is 1. The number of amides is 2. The van der Waals surface area contributed by atoms with Gasteiger partial charge in [-0.15, -0.1) is 0 Å². The first-order chi connectivity index (χ1) is 13.4. The van der Waals surface area contributed by atoms with Crippen LogP contribution in [0.1, 0.15) is 41.8 Å². The zero-order valence-electron chi connectivity index (χ0n) is 16.1. The zero-order chi connectivity index (χ0) is 20.1. The summed E-state index contributed by atoms with van der Waals surface area (Å²) < 4.78 is 5.11. The average Bonchev–Trinajstić information content (AvgIpc) is 3.00. The molecule has 3 N–H and O–H groups in total. The lowest BCUT2D eigenvalue weighted by molar-refractivity contribution is -0.129. The first-order valence-electron chi connectivity index (χ1n) is 9.50. The molecule has 1 saturated carbocycles. The second-order valence-corrected chi connectivity index (χ2v) is 7.31. The Hall–Kier alpha value is -2.74. The van der Waals surface area contributed by atoms with Gasteiger partial charge >= 0.3 is 0 Å². The van der Waals surface area contributed by atoms with Crippen molar-refractivity contribution < 1.29 is 19.2 Å². The van der Waals surface area contributed by atoms with E-state index >= 15 is 0 Å². The van der Waals surface area contributed by atoms with Crippen molar-refractivity contribution in [3.05, 3.63) is 47.1 Å². The molecule has 150 valence electrons. The van der Waals surface area contributed by atoms with E-state index in [0.717, 1.165) is 16.8 Å². The number of carbonyl (C=O) groups is 2. The first kappa shape index (κ1) is 20.0. The van der Waals surface area contributed by atoms with Gasteiger partial charge < -0.3 is 20.3 Å². The van der Waals surface area contributed by atoms with Crippen molar-refractivity contribution in [2.75, 3.05) is 0 Å². The largest absolute Gasteiger partial charge is 0.391 e. The minimum atomic E-state index is -0.649. The maximum absolute atomic E-state index is 12.6. The van der Waals surface area contributed by atoms with Gasteiger partial charge in [0.25, 0.3) is 0 Å². The lowest BCUT2D eigenvalue weighted by atomic mass is 9.83. The molecule has 0 aromatic carbocycles. The van der Waals surface area contributed by atoms with E-state index in [9.17, 15) is 14.7 Å². The molecule has 8 heteroatoms. The van der Waals surface area contributed by atoms with Crippen molar-refractivity contribution in [2.24, 2.45) is 5.92 Å². The van der Waals surface area contributed by atoms with Crippen LogP contribution in [0.25, 0.3) is 0 Å². The quantitative estimate of drug-likeness (QED) is 0.686. The van der Waals surface area contributed by atoms with E-state index in [0.29, 0.717) is 31.6 Å². The number of nitrogens with one attached hydrogen (secondary N) is 2. The van der Waals surface area contributed by atoms with Gasteiger partial charge in [0.2, 0.25) is 11.8 Å². The smallest absolute Gasteiger partial charge is 0.224 e. The predicted molar refractivity (Wildman–Crippen MR) is 101 cm³/mol. The molecular weight excluding hydrogens is 360 g/mol. The molecule has 3 rings (SSSR count). The second-order valence-electron chi connectivity index (χ2n) is 7.31. The van der Waals surface area contributed by atoms with Crippen molar-refractivity contribution in [2.45, 2.75) is 58.2 Å². The molecule has 1 aliphatic carbocycles. The lowest BCUT2D eigenvalue weighted by Gasteiger charge is -2.33. The third-order valence-corrected chi connectivity index (χ3v) is 5.24. The average molecular weight is 386 g/mol. The fraction of sp³-hybridized carbons (Fsp3) is 0.500. The molecule has 2 heterocycles. The number of aryl methyl sites for hydroxylation is 2.